The van der Waals surface area contributed by atoms with Crippen molar-refractivity contribution in [3.63, 3.8) is 0 Å². The molecule has 0 saturated carbocycles. The maximum absolute atomic E-state index is 6.67. The minimum atomic E-state index is 0.669. The standard InChI is InChI=1S/C23H14BrClN2/c24-18-11-6-12-20(22(18)25)27-21-14-17-10-5-4-9-16(17)13-19(21)26-23(27)15-7-2-1-3-8-15/h1-14H. The lowest BCUT2D eigenvalue weighted by Crippen LogP contribution is -1.98. The number of hydrogen-bond donors (Lipinski definition) is 0. The zero-order chi connectivity index (χ0) is 18.4. The third-order valence-corrected chi connectivity index (χ3v) is 6.01. The molecule has 0 N–H and O–H groups in total. The number of hydrogen-bond acceptors (Lipinski definition) is 1. The summed E-state index contributed by atoms with van der Waals surface area (Å²) in [4.78, 5) is 4.97. The lowest BCUT2D eigenvalue weighted by atomic mass is 10.1. The van der Waals surface area contributed by atoms with Gasteiger partial charge in [0.1, 0.15) is 5.82 Å². The summed E-state index contributed by atoms with van der Waals surface area (Å²) in [6, 6.07) is 28.8. The van der Waals surface area contributed by atoms with Gasteiger partial charge in [-0.15, -0.1) is 0 Å². The average molecular weight is 434 g/mol. The van der Waals surface area contributed by atoms with Gasteiger partial charge in [0.25, 0.3) is 0 Å². The normalized spacial score (nSPS) is 11.3. The van der Waals surface area contributed by atoms with Crippen molar-refractivity contribution in [1.29, 1.82) is 0 Å². The van der Waals surface area contributed by atoms with Crippen LogP contribution >= 0.6 is 27.5 Å². The van der Waals surface area contributed by atoms with Gasteiger partial charge in [0, 0.05) is 10.0 Å². The van der Waals surface area contributed by atoms with Crippen LogP contribution in [-0.4, -0.2) is 9.55 Å². The van der Waals surface area contributed by atoms with Crippen molar-refractivity contribution in [1.82, 2.24) is 9.55 Å². The zero-order valence-corrected chi connectivity index (χ0v) is 16.6. The largest absolute Gasteiger partial charge is 0.291 e. The first-order chi connectivity index (χ1) is 13.2. The molecule has 0 unspecified atom stereocenters. The Balaban J connectivity index is 1.93. The van der Waals surface area contributed by atoms with Crippen molar-refractivity contribution in [3.8, 4) is 17.1 Å². The summed E-state index contributed by atoms with van der Waals surface area (Å²) in [5.41, 5.74) is 3.94. The average Bonchev–Trinajstić information content (AvgIpc) is 3.07. The van der Waals surface area contributed by atoms with Gasteiger partial charge in [0.15, 0.2) is 0 Å². The third-order valence-electron chi connectivity index (χ3n) is 4.73. The van der Waals surface area contributed by atoms with Crippen LogP contribution in [0.5, 0.6) is 0 Å². The number of imidazole rings is 1. The molecule has 0 aliphatic rings. The molecule has 0 amide bonds. The Morgan fingerprint density at radius 2 is 1.48 bits per heavy atom. The summed E-state index contributed by atoms with van der Waals surface area (Å²) in [7, 11) is 0. The van der Waals surface area contributed by atoms with Crippen molar-refractivity contribution >= 4 is 49.3 Å². The Morgan fingerprint density at radius 1 is 0.778 bits per heavy atom. The molecule has 0 aliphatic carbocycles. The quantitative estimate of drug-likeness (QED) is 0.286. The van der Waals surface area contributed by atoms with Crippen molar-refractivity contribution in [2.24, 2.45) is 0 Å². The summed E-state index contributed by atoms with van der Waals surface area (Å²) in [5.74, 6) is 0.876. The zero-order valence-electron chi connectivity index (χ0n) is 14.2. The first-order valence-electron chi connectivity index (χ1n) is 8.63. The van der Waals surface area contributed by atoms with Gasteiger partial charge in [0.2, 0.25) is 0 Å². The van der Waals surface area contributed by atoms with Gasteiger partial charge in [-0.05, 0) is 51.0 Å². The summed E-state index contributed by atoms with van der Waals surface area (Å²) < 4.78 is 3.01. The summed E-state index contributed by atoms with van der Waals surface area (Å²) in [6.07, 6.45) is 0. The maximum Gasteiger partial charge on any atom is 0.145 e. The molecule has 0 aliphatic heterocycles. The van der Waals surface area contributed by atoms with E-state index in [2.05, 4.69) is 69.0 Å². The third kappa shape index (κ3) is 2.75. The van der Waals surface area contributed by atoms with Crippen molar-refractivity contribution < 1.29 is 0 Å². The molecular formula is C23H14BrClN2. The van der Waals surface area contributed by atoms with Crippen LogP contribution in [0.4, 0.5) is 0 Å². The Morgan fingerprint density at radius 3 is 2.26 bits per heavy atom. The number of nitrogens with zero attached hydrogens (tertiary/aromatic N) is 2. The van der Waals surface area contributed by atoms with Gasteiger partial charge in [-0.2, -0.15) is 0 Å². The molecule has 5 aromatic rings. The van der Waals surface area contributed by atoms with Gasteiger partial charge in [-0.25, -0.2) is 4.98 Å². The van der Waals surface area contributed by atoms with Gasteiger partial charge < -0.3 is 0 Å². The van der Waals surface area contributed by atoms with Crippen LogP contribution in [0, 0.1) is 0 Å². The van der Waals surface area contributed by atoms with Crippen LogP contribution in [0.1, 0.15) is 0 Å². The number of halogens is 2. The molecule has 0 fully saturated rings. The fourth-order valence-corrected chi connectivity index (χ4v) is 4.02. The van der Waals surface area contributed by atoms with Crippen LogP contribution in [0.25, 0.3) is 38.9 Å². The molecule has 0 spiro atoms. The van der Waals surface area contributed by atoms with Gasteiger partial charge in [0.05, 0.1) is 21.7 Å². The maximum atomic E-state index is 6.67. The predicted octanol–water partition coefficient (Wildman–Crippen LogP) is 7.26. The van der Waals surface area contributed by atoms with Gasteiger partial charge >= 0.3 is 0 Å². The van der Waals surface area contributed by atoms with E-state index in [1.807, 2.05) is 36.4 Å². The Bertz CT molecular complexity index is 1290. The molecule has 0 atom stereocenters. The molecule has 4 heteroatoms. The molecule has 2 nitrogen and oxygen atoms in total. The number of rotatable bonds is 2. The van der Waals surface area contributed by atoms with E-state index in [-0.39, 0.29) is 0 Å². The SMILES string of the molecule is Clc1c(Br)cccc1-n1c(-c2ccccc2)nc2cc3ccccc3cc21. The highest BCUT2D eigenvalue weighted by Crippen LogP contribution is 2.36. The molecule has 0 radical (unpaired) electrons. The number of benzene rings is 4. The second-order valence-corrected chi connectivity index (χ2v) is 7.63. The molecule has 1 heterocycles. The molecule has 0 bridgehead atoms. The second-order valence-electron chi connectivity index (χ2n) is 6.40. The first kappa shape index (κ1) is 16.5. The molecular weight excluding hydrogens is 420 g/mol. The Kier molecular flexibility index (Phi) is 4.00. The van der Waals surface area contributed by atoms with Crippen LogP contribution in [0.2, 0.25) is 5.02 Å². The molecule has 4 aromatic carbocycles. The van der Waals surface area contributed by atoms with Crippen molar-refractivity contribution in [2.75, 3.05) is 0 Å². The monoisotopic (exact) mass is 432 g/mol. The van der Waals surface area contributed by atoms with Gasteiger partial charge in [-0.1, -0.05) is 72.3 Å². The van der Waals surface area contributed by atoms with Crippen LogP contribution < -0.4 is 0 Å². The fraction of sp³-hybridized carbons (Fsp3) is 0. The lowest BCUT2D eigenvalue weighted by Gasteiger charge is -2.12. The van der Waals surface area contributed by atoms with E-state index in [4.69, 9.17) is 16.6 Å². The van der Waals surface area contributed by atoms with Crippen molar-refractivity contribution in [2.45, 2.75) is 0 Å². The Labute approximate surface area is 170 Å². The van der Waals surface area contributed by atoms with E-state index in [1.54, 1.807) is 0 Å². The van der Waals surface area contributed by atoms with E-state index in [0.29, 0.717) is 5.02 Å². The molecule has 0 saturated heterocycles. The Hall–Kier alpha value is -2.62. The van der Waals surface area contributed by atoms with Crippen LogP contribution in [0.15, 0.2) is 89.4 Å². The lowest BCUT2D eigenvalue weighted by molar-refractivity contribution is 1.10. The second kappa shape index (κ2) is 6.52. The topological polar surface area (TPSA) is 17.8 Å². The summed E-state index contributed by atoms with van der Waals surface area (Å²) >= 11 is 10.2. The molecule has 130 valence electrons. The van der Waals surface area contributed by atoms with E-state index in [1.165, 1.54) is 10.8 Å². The van der Waals surface area contributed by atoms with Gasteiger partial charge in [-0.3, -0.25) is 4.57 Å². The minimum Gasteiger partial charge on any atom is -0.291 e. The van der Waals surface area contributed by atoms with Crippen LogP contribution in [0.3, 0.4) is 0 Å². The highest BCUT2D eigenvalue weighted by molar-refractivity contribution is 9.10. The first-order valence-corrected chi connectivity index (χ1v) is 9.80. The highest BCUT2D eigenvalue weighted by atomic mass is 79.9. The highest BCUT2D eigenvalue weighted by Gasteiger charge is 2.17. The van der Waals surface area contributed by atoms with Crippen molar-refractivity contribution in [3.05, 3.63) is 94.4 Å². The van der Waals surface area contributed by atoms with E-state index < -0.39 is 0 Å². The number of aromatic nitrogens is 2. The van der Waals surface area contributed by atoms with Crippen LogP contribution in [-0.2, 0) is 0 Å². The predicted molar refractivity (Wildman–Crippen MR) is 117 cm³/mol. The number of fused-ring (bicyclic) bond motifs is 2. The molecule has 5 rings (SSSR count). The summed E-state index contributed by atoms with van der Waals surface area (Å²) in [5, 5.41) is 3.02. The van der Waals surface area contributed by atoms with E-state index >= 15 is 0 Å². The van der Waals surface area contributed by atoms with E-state index in [9.17, 15) is 0 Å². The summed E-state index contributed by atoms with van der Waals surface area (Å²) in [6.45, 7) is 0. The minimum absolute atomic E-state index is 0.669. The fourth-order valence-electron chi connectivity index (χ4n) is 3.45. The van der Waals surface area contributed by atoms with E-state index in [0.717, 1.165) is 32.6 Å². The smallest absolute Gasteiger partial charge is 0.145 e. The molecule has 1 aromatic heterocycles. The molecule has 27 heavy (non-hydrogen) atoms.